The average molecular weight is 181 g/mol. The Balaban J connectivity index is 2.36. The highest BCUT2D eigenvalue weighted by molar-refractivity contribution is 5.19. The molecule has 0 unspecified atom stereocenters. The van der Waals surface area contributed by atoms with Gasteiger partial charge in [0.2, 0.25) is 5.95 Å². The lowest BCUT2D eigenvalue weighted by Gasteiger charge is -2.05. The molecule has 0 spiro atoms. The van der Waals surface area contributed by atoms with Gasteiger partial charge in [0.25, 0.3) is 5.56 Å². The minimum Gasteiger partial charge on any atom is -0.292 e. The third-order valence-electron chi connectivity index (χ3n) is 1.19. The molecule has 0 fully saturated rings. The van der Waals surface area contributed by atoms with Gasteiger partial charge in [0.15, 0.2) is 0 Å². The summed E-state index contributed by atoms with van der Waals surface area (Å²) >= 11 is 0. The predicted octanol–water partition coefficient (Wildman–Crippen LogP) is -0.623. The van der Waals surface area contributed by atoms with Gasteiger partial charge in [-0.1, -0.05) is 6.08 Å². The fourth-order valence-electron chi connectivity index (χ4n) is 0.660. The van der Waals surface area contributed by atoms with Crippen LogP contribution in [-0.4, -0.2) is 16.5 Å². The van der Waals surface area contributed by atoms with E-state index in [-0.39, 0.29) is 5.56 Å². The van der Waals surface area contributed by atoms with Crippen LogP contribution < -0.4 is 21.9 Å². The zero-order valence-electron chi connectivity index (χ0n) is 7.00. The van der Waals surface area contributed by atoms with Gasteiger partial charge in [-0.25, -0.2) is 10.4 Å². The van der Waals surface area contributed by atoms with Crippen molar-refractivity contribution in [2.75, 3.05) is 12.0 Å². The first kappa shape index (κ1) is 9.43. The third-order valence-corrected chi connectivity index (χ3v) is 1.19. The van der Waals surface area contributed by atoms with Crippen molar-refractivity contribution >= 4 is 5.95 Å². The van der Waals surface area contributed by atoms with Crippen molar-refractivity contribution in [2.45, 2.75) is 0 Å². The highest BCUT2D eigenvalue weighted by Gasteiger charge is 1.90. The molecule has 13 heavy (non-hydrogen) atoms. The second-order valence-electron chi connectivity index (χ2n) is 2.20. The van der Waals surface area contributed by atoms with Crippen molar-refractivity contribution < 1.29 is 0 Å². The molecule has 0 aromatic carbocycles. The fraction of sp³-hybridized carbons (Fsp3) is 0.143. The summed E-state index contributed by atoms with van der Waals surface area (Å²) in [7, 11) is 0. The highest BCUT2D eigenvalue weighted by Crippen LogP contribution is 1.85. The first-order chi connectivity index (χ1) is 6.33. The summed E-state index contributed by atoms with van der Waals surface area (Å²) in [5, 5.41) is 0. The molecule has 0 saturated heterocycles. The van der Waals surface area contributed by atoms with E-state index in [2.05, 4.69) is 32.9 Å². The van der Waals surface area contributed by atoms with Gasteiger partial charge in [-0.3, -0.25) is 15.2 Å². The molecule has 0 amide bonds. The number of aromatic amines is 1. The maximum Gasteiger partial charge on any atom is 0.252 e. The van der Waals surface area contributed by atoms with Gasteiger partial charge >= 0.3 is 0 Å². The van der Waals surface area contributed by atoms with Gasteiger partial charge in [0.1, 0.15) is 0 Å². The summed E-state index contributed by atoms with van der Waals surface area (Å²) in [6.07, 6.45) is 3.10. The third kappa shape index (κ3) is 3.50. The summed E-state index contributed by atoms with van der Waals surface area (Å²) < 4.78 is 0. The van der Waals surface area contributed by atoms with Crippen LogP contribution in [0.1, 0.15) is 0 Å². The molecule has 1 heterocycles. The number of nitrogens with zero attached hydrogens (tertiary/aromatic N) is 1. The van der Waals surface area contributed by atoms with Crippen LogP contribution in [0.3, 0.4) is 0 Å². The topological polar surface area (TPSA) is 81.8 Å². The Bertz CT molecular complexity index is 321. The normalized spacial score (nSPS) is 9.54. The van der Waals surface area contributed by atoms with Crippen molar-refractivity contribution in [1.29, 1.82) is 0 Å². The van der Waals surface area contributed by atoms with Gasteiger partial charge in [-0.05, 0) is 0 Å². The van der Waals surface area contributed by atoms with E-state index in [1.807, 2.05) is 0 Å². The van der Waals surface area contributed by atoms with E-state index >= 15 is 0 Å². The van der Waals surface area contributed by atoms with E-state index in [0.29, 0.717) is 12.5 Å². The van der Waals surface area contributed by atoms with Crippen LogP contribution in [0.4, 0.5) is 5.95 Å². The Morgan fingerprint density at radius 3 is 3.23 bits per heavy atom. The van der Waals surface area contributed by atoms with E-state index in [4.69, 9.17) is 0 Å². The molecular formula is C7H11N5O. The number of rotatable bonds is 5. The van der Waals surface area contributed by atoms with E-state index in [0.717, 1.165) is 0 Å². The van der Waals surface area contributed by atoms with Crippen molar-refractivity contribution in [3.8, 4) is 0 Å². The number of hydrogen-bond acceptors (Lipinski definition) is 5. The van der Waals surface area contributed by atoms with Crippen molar-refractivity contribution in [3.05, 3.63) is 35.3 Å². The minimum absolute atomic E-state index is 0.206. The Morgan fingerprint density at radius 2 is 2.54 bits per heavy atom. The van der Waals surface area contributed by atoms with Gasteiger partial charge in [0, 0.05) is 18.8 Å². The molecule has 0 atom stereocenters. The summed E-state index contributed by atoms with van der Waals surface area (Å²) in [5.41, 5.74) is 7.83. The largest absolute Gasteiger partial charge is 0.292 e. The molecule has 70 valence electrons. The van der Waals surface area contributed by atoms with Crippen molar-refractivity contribution in [1.82, 2.24) is 20.9 Å². The minimum atomic E-state index is -0.206. The monoisotopic (exact) mass is 181 g/mol. The Morgan fingerprint density at radius 1 is 1.69 bits per heavy atom. The van der Waals surface area contributed by atoms with Crippen LogP contribution in [0.5, 0.6) is 0 Å². The number of hydrogen-bond donors (Lipinski definition) is 4. The summed E-state index contributed by atoms with van der Waals surface area (Å²) in [5.74, 6) is 0.351. The molecule has 1 rings (SSSR count). The number of hydrazine groups is 2. The molecule has 1 aromatic heterocycles. The highest BCUT2D eigenvalue weighted by atomic mass is 16.1. The molecule has 0 aliphatic carbocycles. The van der Waals surface area contributed by atoms with Crippen LogP contribution >= 0.6 is 0 Å². The van der Waals surface area contributed by atoms with Crippen molar-refractivity contribution in [2.24, 2.45) is 0 Å². The Labute approximate surface area is 75.0 Å². The Hall–Kier alpha value is -1.66. The zero-order valence-corrected chi connectivity index (χ0v) is 7.00. The lowest BCUT2D eigenvalue weighted by atomic mass is 10.7. The second kappa shape index (κ2) is 5.07. The molecule has 0 saturated carbocycles. The van der Waals surface area contributed by atoms with E-state index < -0.39 is 0 Å². The smallest absolute Gasteiger partial charge is 0.252 e. The van der Waals surface area contributed by atoms with Crippen LogP contribution in [0, 0.1) is 0 Å². The molecule has 0 radical (unpaired) electrons. The number of nitrogens with one attached hydrogen (secondary N) is 4. The Kier molecular flexibility index (Phi) is 3.68. The van der Waals surface area contributed by atoms with Gasteiger partial charge in [-0.15, -0.1) is 6.58 Å². The molecule has 0 aliphatic heterocycles. The lowest BCUT2D eigenvalue weighted by molar-refractivity contribution is 0.631. The SMILES string of the molecule is C=CCNNNc1nccc(=O)[nH]1. The average Bonchev–Trinajstić information content (AvgIpc) is 2.13. The van der Waals surface area contributed by atoms with E-state index in [1.54, 1.807) is 6.08 Å². The van der Waals surface area contributed by atoms with Crippen LogP contribution in [0.2, 0.25) is 0 Å². The van der Waals surface area contributed by atoms with Crippen LogP contribution in [-0.2, 0) is 0 Å². The molecule has 0 aliphatic rings. The van der Waals surface area contributed by atoms with Gasteiger partial charge in [-0.2, -0.15) is 5.53 Å². The predicted molar refractivity (Wildman–Crippen MR) is 49.8 cm³/mol. The van der Waals surface area contributed by atoms with E-state index in [9.17, 15) is 4.79 Å². The summed E-state index contributed by atoms with van der Waals surface area (Å²) in [4.78, 5) is 17.1. The first-order valence-corrected chi connectivity index (χ1v) is 3.73. The van der Waals surface area contributed by atoms with Crippen LogP contribution in [0.15, 0.2) is 29.7 Å². The molecule has 6 heteroatoms. The maximum absolute atomic E-state index is 10.8. The molecule has 4 N–H and O–H groups in total. The maximum atomic E-state index is 10.8. The lowest BCUT2D eigenvalue weighted by Crippen LogP contribution is -2.37. The standard InChI is InChI=1S/C7H11N5O/c1-2-4-9-12-11-7-8-5-3-6(13)10-7/h2-3,5,9,12H,1,4H2,(H2,8,10,11,13). The van der Waals surface area contributed by atoms with Crippen molar-refractivity contribution in [3.63, 3.8) is 0 Å². The van der Waals surface area contributed by atoms with Gasteiger partial charge in [0.05, 0.1) is 0 Å². The number of aromatic nitrogens is 2. The zero-order chi connectivity index (χ0) is 9.52. The number of H-pyrrole nitrogens is 1. The molecule has 0 bridgehead atoms. The summed E-state index contributed by atoms with van der Waals surface area (Å²) in [6, 6.07) is 1.34. The molecular weight excluding hydrogens is 170 g/mol. The molecule has 1 aromatic rings. The van der Waals surface area contributed by atoms with Crippen LogP contribution in [0.25, 0.3) is 0 Å². The second-order valence-corrected chi connectivity index (χ2v) is 2.20. The van der Waals surface area contributed by atoms with Gasteiger partial charge < -0.3 is 0 Å². The number of anilines is 1. The van der Waals surface area contributed by atoms with E-state index in [1.165, 1.54) is 12.3 Å². The first-order valence-electron chi connectivity index (χ1n) is 3.73. The molecule has 6 nitrogen and oxygen atoms in total. The quantitative estimate of drug-likeness (QED) is 0.276. The fourth-order valence-corrected chi connectivity index (χ4v) is 0.660. The summed E-state index contributed by atoms with van der Waals surface area (Å²) in [6.45, 7) is 4.12.